The highest BCUT2D eigenvalue weighted by Crippen LogP contribution is 2.11. The highest BCUT2D eigenvalue weighted by atomic mass is 16.4. The summed E-state index contributed by atoms with van der Waals surface area (Å²) < 4.78 is 1.68. The van der Waals surface area contributed by atoms with Crippen LogP contribution in [-0.2, 0) is 4.79 Å². The van der Waals surface area contributed by atoms with Crippen LogP contribution in [0, 0.1) is 0 Å². The Bertz CT molecular complexity index is 454. The topological polar surface area (TPSA) is 75.4 Å². The number of carboxylic acid groups (broad SMARTS) is 1. The van der Waals surface area contributed by atoms with Crippen LogP contribution in [0.3, 0.4) is 0 Å². The number of rotatable bonds is 6. The monoisotopic (exact) mass is 267 g/mol. The smallest absolute Gasteiger partial charge is 0.323 e. The van der Waals surface area contributed by atoms with Gasteiger partial charge in [-0.25, -0.2) is 0 Å². The van der Waals surface area contributed by atoms with Gasteiger partial charge in [-0.05, 0) is 33.3 Å². The third-order valence-corrected chi connectivity index (χ3v) is 3.05. The van der Waals surface area contributed by atoms with Crippen LogP contribution >= 0.6 is 0 Å². The summed E-state index contributed by atoms with van der Waals surface area (Å²) in [6, 6.07) is 1.66. The Balaban J connectivity index is 2.94. The fourth-order valence-corrected chi connectivity index (χ4v) is 1.68. The van der Waals surface area contributed by atoms with E-state index in [1.807, 2.05) is 27.7 Å². The minimum Gasteiger partial charge on any atom is -0.480 e. The van der Waals surface area contributed by atoms with E-state index in [4.69, 9.17) is 5.11 Å². The third kappa shape index (κ3) is 3.81. The average molecular weight is 267 g/mol. The molecular formula is C13H21N3O3. The Hall–Kier alpha value is -1.85. The van der Waals surface area contributed by atoms with Crippen LogP contribution in [0.1, 0.15) is 50.6 Å². The Kier molecular flexibility index (Phi) is 5.09. The number of carbonyl (C=O) groups is 2. The van der Waals surface area contributed by atoms with Crippen molar-refractivity contribution >= 4 is 11.9 Å². The normalized spacial score (nSPS) is 12.5. The van der Waals surface area contributed by atoms with Crippen LogP contribution in [0.2, 0.25) is 0 Å². The summed E-state index contributed by atoms with van der Waals surface area (Å²) in [5, 5.41) is 13.1. The second-order valence-electron chi connectivity index (χ2n) is 4.86. The van der Waals surface area contributed by atoms with Gasteiger partial charge in [-0.3, -0.25) is 14.3 Å². The zero-order valence-electron chi connectivity index (χ0n) is 11.8. The number of carbonyl (C=O) groups excluding carboxylic acids is 1. The lowest BCUT2D eigenvalue weighted by molar-refractivity contribution is -0.138. The second kappa shape index (κ2) is 6.36. The lowest BCUT2D eigenvalue weighted by atomic mass is 10.2. The molecule has 0 aliphatic rings. The summed E-state index contributed by atoms with van der Waals surface area (Å²) in [5.74, 6) is -1.35. The summed E-state index contributed by atoms with van der Waals surface area (Å²) in [7, 11) is 0. The van der Waals surface area contributed by atoms with E-state index in [-0.39, 0.29) is 30.2 Å². The number of amides is 1. The standard InChI is InChI=1S/C13H21N3O3/c1-5-10(4)15(8-12(17)18)13(19)11-6-7-16(14-11)9(2)3/h6-7,9-10H,5,8H2,1-4H3,(H,17,18). The number of hydrogen-bond donors (Lipinski definition) is 1. The molecule has 0 saturated heterocycles. The van der Waals surface area contributed by atoms with Crippen LogP contribution in [0.4, 0.5) is 0 Å². The summed E-state index contributed by atoms with van der Waals surface area (Å²) in [4.78, 5) is 24.5. The van der Waals surface area contributed by atoms with Crippen molar-refractivity contribution in [1.82, 2.24) is 14.7 Å². The van der Waals surface area contributed by atoms with Crippen LogP contribution in [0.5, 0.6) is 0 Å². The predicted octanol–water partition coefficient (Wildman–Crippen LogP) is 1.79. The van der Waals surface area contributed by atoms with Crippen LogP contribution < -0.4 is 0 Å². The van der Waals surface area contributed by atoms with Crippen molar-refractivity contribution < 1.29 is 14.7 Å². The second-order valence-corrected chi connectivity index (χ2v) is 4.86. The lowest BCUT2D eigenvalue weighted by Gasteiger charge is -2.26. The number of carboxylic acids is 1. The molecule has 1 aromatic heterocycles. The van der Waals surface area contributed by atoms with E-state index < -0.39 is 5.97 Å². The molecule has 1 N–H and O–H groups in total. The third-order valence-electron chi connectivity index (χ3n) is 3.05. The fourth-order valence-electron chi connectivity index (χ4n) is 1.68. The first-order chi connectivity index (χ1) is 8.86. The molecule has 0 aliphatic heterocycles. The first kappa shape index (κ1) is 15.2. The molecule has 0 saturated carbocycles. The highest BCUT2D eigenvalue weighted by molar-refractivity contribution is 5.94. The minimum absolute atomic E-state index is 0.132. The van der Waals surface area contributed by atoms with Crippen LogP contribution in [-0.4, -0.2) is 44.3 Å². The van der Waals surface area contributed by atoms with Gasteiger partial charge in [-0.15, -0.1) is 0 Å². The molecule has 19 heavy (non-hydrogen) atoms. The Morgan fingerprint density at radius 3 is 2.47 bits per heavy atom. The van der Waals surface area contributed by atoms with Crippen LogP contribution in [0.15, 0.2) is 12.3 Å². The Labute approximate surface area is 113 Å². The molecule has 0 bridgehead atoms. The summed E-state index contributed by atoms with van der Waals surface area (Å²) >= 11 is 0. The molecule has 0 radical (unpaired) electrons. The molecule has 1 amide bonds. The van der Waals surface area contributed by atoms with Crippen molar-refractivity contribution in [3.8, 4) is 0 Å². The van der Waals surface area contributed by atoms with Gasteiger partial charge >= 0.3 is 5.97 Å². The van der Waals surface area contributed by atoms with Crippen molar-refractivity contribution in [2.45, 2.75) is 46.2 Å². The molecule has 1 atom stereocenters. The summed E-state index contributed by atoms with van der Waals surface area (Å²) in [5.41, 5.74) is 0.287. The minimum atomic E-state index is -1.02. The van der Waals surface area contributed by atoms with Gasteiger partial charge in [-0.2, -0.15) is 5.10 Å². The Morgan fingerprint density at radius 2 is 2.05 bits per heavy atom. The maximum Gasteiger partial charge on any atom is 0.323 e. The van der Waals surface area contributed by atoms with Gasteiger partial charge in [0.15, 0.2) is 0 Å². The molecule has 0 aromatic carbocycles. The van der Waals surface area contributed by atoms with Crippen molar-refractivity contribution in [3.05, 3.63) is 18.0 Å². The first-order valence-corrected chi connectivity index (χ1v) is 6.44. The summed E-state index contributed by atoms with van der Waals surface area (Å²) in [6.07, 6.45) is 2.43. The molecule has 0 fully saturated rings. The van der Waals surface area contributed by atoms with Crippen molar-refractivity contribution in [2.24, 2.45) is 0 Å². The predicted molar refractivity (Wildman–Crippen MR) is 71.0 cm³/mol. The van der Waals surface area contributed by atoms with Crippen molar-refractivity contribution in [1.29, 1.82) is 0 Å². The molecule has 1 rings (SSSR count). The van der Waals surface area contributed by atoms with Gasteiger partial charge in [0.05, 0.1) is 0 Å². The van der Waals surface area contributed by atoms with E-state index in [2.05, 4.69) is 5.10 Å². The van der Waals surface area contributed by atoms with Crippen molar-refractivity contribution in [2.75, 3.05) is 6.54 Å². The zero-order chi connectivity index (χ0) is 14.6. The van der Waals surface area contributed by atoms with Crippen molar-refractivity contribution in [3.63, 3.8) is 0 Å². The quantitative estimate of drug-likeness (QED) is 0.852. The molecule has 1 aromatic rings. The van der Waals surface area contributed by atoms with Crippen LogP contribution in [0.25, 0.3) is 0 Å². The maximum atomic E-state index is 12.3. The molecule has 0 spiro atoms. The molecule has 1 heterocycles. The number of hydrogen-bond acceptors (Lipinski definition) is 3. The Morgan fingerprint density at radius 1 is 1.42 bits per heavy atom. The van der Waals surface area contributed by atoms with E-state index in [9.17, 15) is 9.59 Å². The van der Waals surface area contributed by atoms with E-state index in [1.54, 1.807) is 16.9 Å². The molecule has 106 valence electrons. The maximum absolute atomic E-state index is 12.3. The highest BCUT2D eigenvalue weighted by Gasteiger charge is 2.24. The SMILES string of the molecule is CCC(C)N(CC(=O)O)C(=O)c1ccn(C(C)C)n1. The lowest BCUT2D eigenvalue weighted by Crippen LogP contribution is -2.42. The van der Waals surface area contributed by atoms with Gasteiger partial charge < -0.3 is 10.0 Å². The van der Waals surface area contributed by atoms with E-state index in [0.717, 1.165) is 0 Å². The van der Waals surface area contributed by atoms with Gasteiger partial charge in [0.2, 0.25) is 0 Å². The summed E-state index contributed by atoms with van der Waals surface area (Å²) in [6.45, 7) is 7.37. The number of aromatic nitrogens is 2. The largest absolute Gasteiger partial charge is 0.480 e. The zero-order valence-corrected chi connectivity index (χ0v) is 11.8. The van der Waals surface area contributed by atoms with E-state index >= 15 is 0 Å². The number of aliphatic carboxylic acids is 1. The van der Waals surface area contributed by atoms with Gasteiger partial charge in [-0.1, -0.05) is 6.92 Å². The van der Waals surface area contributed by atoms with Gasteiger partial charge in [0.1, 0.15) is 12.2 Å². The molecule has 6 nitrogen and oxygen atoms in total. The molecular weight excluding hydrogens is 246 g/mol. The molecule has 0 aliphatic carbocycles. The average Bonchev–Trinajstić information content (AvgIpc) is 2.83. The van der Waals surface area contributed by atoms with Gasteiger partial charge in [0.25, 0.3) is 5.91 Å². The fraction of sp³-hybridized carbons (Fsp3) is 0.615. The van der Waals surface area contributed by atoms with E-state index in [0.29, 0.717) is 6.42 Å². The molecule has 1 unspecified atom stereocenters. The van der Waals surface area contributed by atoms with E-state index in [1.165, 1.54) is 4.90 Å². The number of nitrogens with zero attached hydrogens (tertiary/aromatic N) is 3. The first-order valence-electron chi connectivity index (χ1n) is 6.44. The van der Waals surface area contributed by atoms with Gasteiger partial charge in [0, 0.05) is 18.3 Å². The molecule has 6 heteroatoms.